The maximum absolute atomic E-state index is 9.14. The van der Waals surface area contributed by atoms with E-state index in [4.69, 9.17) is 28.5 Å². The van der Waals surface area contributed by atoms with E-state index in [9.17, 15) is 0 Å². The van der Waals surface area contributed by atoms with Gasteiger partial charge in [-0.15, -0.1) is 0 Å². The second kappa shape index (κ2) is 4.52. The van der Waals surface area contributed by atoms with Crippen molar-refractivity contribution < 1.29 is 0 Å². The number of benzene rings is 1. The van der Waals surface area contributed by atoms with E-state index in [0.29, 0.717) is 15.6 Å². The number of aromatic nitrogens is 3. The van der Waals surface area contributed by atoms with Gasteiger partial charge in [-0.2, -0.15) is 10.4 Å². The molecule has 2 rings (SSSR count). The van der Waals surface area contributed by atoms with Crippen molar-refractivity contribution in [2.24, 2.45) is 0 Å². The summed E-state index contributed by atoms with van der Waals surface area (Å²) in [5.74, 6) is 0. The molecule has 16 heavy (non-hydrogen) atoms. The monoisotopic (exact) mass is 252 g/mol. The molecule has 1 atom stereocenters. The molecule has 1 aromatic carbocycles. The molecule has 0 amide bonds. The molecule has 2 aromatic rings. The molecule has 0 saturated carbocycles. The van der Waals surface area contributed by atoms with Crippen LogP contribution in [0.4, 0.5) is 0 Å². The Kier molecular flexibility index (Phi) is 3.09. The summed E-state index contributed by atoms with van der Waals surface area (Å²) in [6.45, 7) is 0. The third-order valence-electron chi connectivity index (χ3n) is 2.10. The first-order valence-electron chi connectivity index (χ1n) is 4.41. The molecule has 4 nitrogen and oxygen atoms in total. The summed E-state index contributed by atoms with van der Waals surface area (Å²) in [4.78, 5) is 3.79. The van der Waals surface area contributed by atoms with E-state index >= 15 is 0 Å². The molecule has 80 valence electrons. The van der Waals surface area contributed by atoms with Gasteiger partial charge in [0.05, 0.1) is 6.07 Å². The van der Waals surface area contributed by atoms with Gasteiger partial charge in [0.2, 0.25) is 0 Å². The van der Waals surface area contributed by atoms with Crippen molar-refractivity contribution in [2.75, 3.05) is 0 Å². The number of halogens is 2. The lowest BCUT2D eigenvalue weighted by molar-refractivity contribution is 0.620. The second-order valence-electron chi connectivity index (χ2n) is 3.04. The van der Waals surface area contributed by atoms with E-state index in [0.717, 1.165) is 0 Å². The van der Waals surface area contributed by atoms with E-state index < -0.39 is 6.04 Å². The molecule has 0 radical (unpaired) electrons. The molecule has 0 aliphatic rings. The van der Waals surface area contributed by atoms with E-state index in [-0.39, 0.29) is 0 Å². The highest BCUT2D eigenvalue weighted by Crippen LogP contribution is 2.31. The van der Waals surface area contributed by atoms with Gasteiger partial charge in [-0.25, -0.2) is 9.67 Å². The molecular weight excluding hydrogens is 247 g/mol. The predicted molar refractivity (Wildman–Crippen MR) is 60.2 cm³/mol. The lowest BCUT2D eigenvalue weighted by atomic mass is 10.1. The third kappa shape index (κ3) is 1.87. The predicted octanol–water partition coefficient (Wildman–Crippen LogP) is 2.70. The van der Waals surface area contributed by atoms with Crippen molar-refractivity contribution >= 4 is 23.2 Å². The first-order valence-corrected chi connectivity index (χ1v) is 5.17. The Bertz CT molecular complexity index is 510. The van der Waals surface area contributed by atoms with E-state index in [1.54, 1.807) is 18.2 Å². The van der Waals surface area contributed by atoms with Crippen LogP contribution in [0.3, 0.4) is 0 Å². The van der Waals surface area contributed by atoms with Gasteiger partial charge in [0.25, 0.3) is 0 Å². The second-order valence-corrected chi connectivity index (χ2v) is 3.86. The molecule has 0 N–H and O–H groups in total. The van der Waals surface area contributed by atoms with Crippen LogP contribution in [-0.4, -0.2) is 14.8 Å². The van der Waals surface area contributed by atoms with Crippen molar-refractivity contribution in [3.8, 4) is 6.07 Å². The third-order valence-corrected chi connectivity index (χ3v) is 2.76. The smallest absolute Gasteiger partial charge is 0.168 e. The van der Waals surface area contributed by atoms with Gasteiger partial charge in [-0.05, 0) is 12.1 Å². The molecule has 1 heterocycles. The highest BCUT2D eigenvalue weighted by atomic mass is 35.5. The Morgan fingerprint density at radius 2 is 2.00 bits per heavy atom. The summed E-state index contributed by atoms with van der Waals surface area (Å²) in [6, 6.07) is 6.53. The van der Waals surface area contributed by atoms with E-state index in [1.807, 2.05) is 0 Å². The molecule has 0 bridgehead atoms. The average Bonchev–Trinajstić information content (AvgIpc) is 2.77. The van der Waals surface area contributed by atoms with Crippen molar-refractivity contribution in [3.63, 3.8) is 0 Å². The minimum absolute atomic E-state index is 0.439. The van der Waals surface area contributed by atoms with Crippen molar-refractivity contribution in [1.29, 1.82) is 5.26 Å². The van der Waals surface area contributed by atoms with Crippen LogP contribution < -0.4 is 0 Å². The lowest BCUT2D eigenvalue weighted by Gasteiger charge is -2.12. The Morgan fingerprint density at radius 1 is 1.31 bits per heavy atom. The molecular formula is C10H6Cl2N4. The summed E-state index contributed by atoms with van der Waals surface area (Å²) >= 11 is 12.0. The van der Waals surface area contributed by atoms with Gasteiger partial charge in [0, 0.05) is 15.6 Å². The van der Waals surface area contributed by atoms with E-state index in [1.165, 1.54) is 17.3 Å². The molecule has 0 unspecified atom stereocenters. The van der Waals surface area contributed by atoms with Crippen LogP contribution in [0.5, 0.6) is 0 Å². The molecule has 0 fully saturated rings. The van der Waals surface area contributed by atoms with Crippen molar-refractivity contribution in [2.45, 2.75) is 6.04 Å². The number of rotatable bonds is 2. The van der Waals surface area contributed by atoms with Crippen LogP contribution in [0.25, 0.3) is 0 Å². The summed E-state index contributed by atoms with van der Waals surface area (Å²) in [5, 5.41) is 13.9. The molecule has 1 aromatic heterocycles. The minimum Gasteiger partial charge on any atom is -0.231 e. The summed E-state index contributed by atoms with van der Waals surface area (Å²) < 4.78 is 1.41. The van der Waals surface area contributed by atoms with Crippen molar-refractivity contribution in [1.82, 2.24) is 14.8 Å². The van der Waals surface area contributed by atoms with Gasteiger partial charge >= 0.3 is 0 Å². The summed E-state index contributed by atoms with van der Waals surface area (Å²) in [6.07, 6.45) is 2.81. The molecule has 0 aliphatic heterocycles. The quantitative estimate of drug-likeness (QED) is 0.826. The van der Waals surface area contributed by atoms with Gasteiger partial charge in [-0.1, -0.05) is 29.3 Å². The van der Waals surface area contributed by atoms with Gasteiger partial charge < -0.3 is 0 Å². The molecule has 0 saturated heterocycles. The maximum atomic E-state index is 9.14. The number of hydrogen-bond donors (Lipinski definition) is 0. The number of nitrogens with zero attached hydrogens (tertiary/aromatic N) is 4. The van der Waals surface area contributed by atoms with Crippen LogP contribution in [0.2, 0.25) is 10.0 Å². The standard InChI is InChI=1S/C10H6Cl2N4/c11-7-2-1-3-8(12)10(7)9(4-13)16-6-14-5-15-16/h1-3,5-6,9H/t9-/m1/s1. The largest absolute Gasteiger partial charge is 0.231 e. The first-order chi connectivity index (χ1) is 7.74. The highest BCUT2D eigenvalue weighted by Gasteiger charge is 2.19. The SMILES string of the molecule is N#C[C@H](c1c(Cl)cccc1Cl)n1cncn1. The molecule has 6 heteroatoms. The number of nitriles is 1. The zero-order valence-corrected chi connectivity index (χ0v) is 9.52. The van der Waals surface area contributed by atoms with Crippen LogP contribution in [0.15, 0.2) is 30.9 Å². The first kappa shape index (κ1) is 10.9. The maximum Gasteiger partial charge on any atom is 0.168 e. The zero-order valence-electron chi connectivity index (χ0n) is 8.01. The van der Waals surface area contributed by atoms with Gasteiger partial charge in [-0.3, -0.25) is 0 Å². The number of hydrogen-bond acceptors (Lipinski definition) is 3. The van der Waals surface area contributed by atoms with Gasteiger partial charge in [0.1, 0.15) is 12.7 Å². The Balaban J connectivity index is 2.55. The van der Waals surface area contributed by atoms with Crippen LogP contribution in [0, 0.1) is 11.3 Å². The highest BCUT2D eigenvalue weighted by molar-refractivity contribution is 6.36. The fourth-order valence-electron chi connectivity index (χ4n) is 1.38. The Labute approximate surface area is 102 Å². The topological polar surface area (TPSA) is 54.5 Å². The van der Waals surface area contributed by atoms with Crippen molar-refractivity contribution in [3.05, 3.63) is 46.5 Å². The van der Waals surface area contributed by atoms with Crippen LogP contribution in [-0.2, 0) is 0 Å². The van der Waals surface area contributed by atoms with Gasteiger partial charge in [0.15, 0.2) is 6.04 Å². The minimum atomic E-state index is -0.663. The van der Waals surface area contributed by atoms with Crippen LogP contribution >= 0.6 is 23.2 Å². The summed E-state index contributed by atoms with van der Waals surface area (Å²) in [7, 11) is 0. The Hall–Kier alpha value is -1.57. The lowest BCUT2D eigenvalue weighted by Crippen LogP contribution is -2.10. The Morgan fingerprint density at radius 3 is 2.50 bits per heavy atom. The molecule has 0 spiro atoms. The zero-order chi connectivity index (χ0) is 11.5. The van der Waals surface area contributed by atoms with Crippen LogP contribution in [0.1, 0.15) is 11.6 Å². The summed E-state index contributed by atoms with van der Waals surface area (Å²) in [5.41, 5.74) is 0.541. The average molecular weight is 253 g/mol. The normalized spacial score (nSPS) is 12.1. The van der Waals surface area contributed by atoms with E-state index in [2.05, 4.69) is 16.2 Å². The fraction of sp³-hybridized carbons (Fsp3) is 0.100. The molecule has 0 aliphatic carbocycles. The fourth-order valence-corrected chi connectivity index (χ4v) is 1.98.